The predicted octanol–water partition coefficient (Wildman–Crippen LogP) is 1.57. The average Bonchev–Trinajstić information content (AvgIpc) is 1.69. The Kier molecular flexibility index (Phi) is 3.88. The van der Waals surface area contributed by atoms with Gasteiger partial charge >= 0.3 is 0 Å². The number of hydrogen-bond acceptors (Lipinski definition) is 1. The number of nitrogens with zero attached hydrogens (tertiary/aromatic N) is 1. The Morgan fingerprint density at radius 1 is 1.12 bits per heavy atom. The van der Waals surface area contributed by atoms with Crippen molar-refractivity contribution in [1.29, 1.82) is 0 Å². The third kappa shape index (κ3) is 2.31. The fourth-order valence-corrected chi connectivity index (χ4v) is 0.954. The van der Waals surface area contributed by atoms with Crippen LogP contribution < -0.4 is 4.90 Å². The second-order valence-electron chi connectivity index (χ2n) is 2.31. The summed E-state index contributed by atoms with van der Waals surface area (Å²) in [6.07, 6.45) is 0. The average molecular weight is 115 g/mol. The molecule has 0 spiro atoms. The van der Waals surface area contributed by atoms with Gasteiger partial charge in [0.05, 0.1) is 0 Å². The van der Waals surface area contributed by atoms with Crippen LogP contribution in [0.25, 0.3) is 0 Å². The van der Waals surface area contributed by atoms with Gasteiger partial charge in [-0.25, -0.2) is 0 Å². The Morgan fingerprint density at radius 2 is 1.50 bits per heavy atom. The van der Waals surface area contributed by atoms with Crippen molar-refractivity contribution < 1.29 is 0 Å². The summed E-state index contributed by atoms with van der Waals surface area (Å²) in [5.41, 5.74) is 0. The molecule has 1 radical (unpaired) electrons. The summed E-state index contributed by atoms with van der Waals surface area (Å²) in [5, 5.41) is 0. The van der Waals surface area contributed by atoms with Gasteiger partial charge in [0.15, 0.2) is 0 Å². The van der Waals surface area contributed by atoms with Gasteiger partial charge in [0.2, 0.25) is 0 Å². The lowest BCUT2D eigenvalue weighted by atomic mass is 10.3. The lowest BCUT2D eigenvalue weighted by Crippen LogP contribution is -2.36. The van der Waals surface area contributed by atoms with Crippen molar-refractivity contribution in [3.8, 4) is 0 Å². The van der Waals surface area contributed by atoms with Gasteiger partial charge in [0, 0.05) is 0 Å². The minimum atomic E-state index is 0.713. The molecule has 49 valence electrons. The molecular weight excluding hydrogens is 98.1 g/mol. The summed E-state index contributed by atoms with van der Waals surface area (Å²) in [6.45, 7) is 11.2. The monoisotopic (exact) mass is 115 g/mol. The van der Waals surface area contributed by atoms with Gasteiger partial charge in [0.25, 0.3) is 0 Å². The SMILES string of the molecule is CC[N+](CC)C(C)C. The third-order valence-corrected chi connectivity index (χ3v) is 1.54. The first kappa shape index (κ1) is 7.96. The molecule has 0 aromatic carbocycles. The highest BCUT2D eigenvalue weighted by Gasteiger charge is 2.11. The van der Waals surface area contributed by atoms with Gasteiger partial charge in [-0.2, -0.15) is 4.90 Å². The van der Waals surface area contributed by atoms with Crippen molar-refractivity contribution in [1.82, 2.24) is 4.90 Å². The van der Waals surface area contributed by atoms with Crippen LogP contribution in [0.1, 0.15) is 27.7 Å². The van der Waals surface area contributed by atoms with E-state index in [1.165, 1.54) is 13.1 Å². The molecule has 1 nitrogen and oxygen atoms in total. The molecule has 8 heavy (non-hydrogen) atoms. The molecule has 0 rings (SSSR count). The van der Waals surface area contributed by atoms with Gasteiger partial charge in [-0.3, -0.25) is 0 Å². The van der Waals surface area contributed by atoms with Crippen LogP contribution >= 0.6 is 0 Å². The molecule has 0 fully saturated rings. The topological polar surface area (TPSA) is 5.90 Å². The zero-order chi connectivity index (χ0) is 6.57. The van der Waals surface area contributed by atoms with E-state index in [1.807, 2.05) is 0 Å². The molecule has 0 bridgehead atoms. The smallest absolute Gasteiger partial charge is 0.127 e. The molecule has 0 saturated heterocycles. The van der Waals surface area contributed by atoms with Crippen molar-refractivity contribution in [2.75, 3.05) is 13.1 Å². The van der Waals surface area contributed by atoms with Crippen LogP contribution in [0, 0.1) is 0 Å². The predicted molar refractivity (Wildman–Crippen MR) is 38.4 cm³/mol. The fraction of sp³-hybridized carbons (Fsp3) is 1.00. The molecule has 0 N–H and O–H groups in total. The van der Waals surface area contributed by atoms with E-state index in [2.05, 4.69) is 32.6 Å². The molecule has 0 aliphatic heterocycles. The minimum Gasteiger partial charge on any atom is -0.168 e. The first-order valence-corrected chi connectivity index (χ1v) is 3.46. The summed E-state index contributed by atoms with van der Waals surface area (Å²) >= 11 is 0. The van der Waals surface area contributed by atoms with E-state index in [9.17, 15) is 0 Å². The summed E-state index contributed by atoms with van der Waals surface area (Å²) in [7, 11) is 0. The highest BCUT2D eigenvalue weighted by molar-refractivity contribution is 4.63. The van der Waals surface area contributed by atoms with E-state index in [1.54, 1.807) is 0 Å². The maximum atomic E-state index is 2.42. The molecule has 0 heterocycles. The summed E-state index contributed by atoms with van der Waals surface area (Å²) in [6, 6.07) is 0.713. The van der Waals surface area contributed by atoms with Gasteiger partial charge in [0.1, 0.15) is 19.1 Å². The third-order valence-electron chi connectivity index (χ3n) is 1.54. The maximum absolute atomic E-state index is 2.42. The quantitative estimate of drug-likeness (QED) is 0.492. The van der Waals surface area contributed by atoms with Crippen LogP contribution in [-0.4, -0.2) is 19.1 Å². The van der Waals surface area contributed by atoms with Crippen LogP contribution in [0.15, 0.2) is 0 Å². The second kappa shape index (κ2) is 3.90. The van der Waals surface area contributed by atoms with Crippen LogP contribution in [0.4, 0.5) is 0 Å². The number of rotatable bonds is 3. The molecule has 0 aromatic rings. The summed E-state index contributed by atoms with van der Waals surface area (Å²) in [5.74, 6) is 0. The van der Waals surface area contributed by atoms with Crippen molar-refractivity contribution in [3.63, 3.8) is 0 Å². The Labute approximate surface area is 52.7 Å². The second-order valence-corrected chi connectivity index (χ2v) is 2.31. The van der Waals surface area contributed by atoms with E-state index in [0.29, 0.717) is 6.04 Å². The van der Waals surface area contributed by atoms with Gasteiger partial charge < -0.3 is 0 Å². The zero-order valence-corrected chi connectivity index (χ0v) is 6.44. The molecular formula is C7H17N+. The Balaban J connectivity index is 3.35. The molecule has 0 saturated carbocycles. The lowest BCUT2D eigenvalue weighted by Gasteiger charge is -2.10. The van der Waals surface area contributed by atoms with Gasteiger partial charge in [-0.15, -0.1) is 0 Å². The minimum absolute atomic E-state index is 0.713. The summed E-state index contributed by atoms with van der Waals surface area (Å²) < 4.78 is 0. The Hall–Kier alpha value is -0.0400. The largest absolute Gasteiger partial charge is 0.168 e. The summed E-state index contributed by atoms with van der Waals surface area (Å²) in [4.78, 5) is 2.42. The van der Waals surface area contributed by atoms with Gasteiger partial charge in [-0.1, -0.05) is 0 Å². The van der Waals surface area contributed by atoms with Crippen molar-refractivity contribution in [2.45, 2.75) is 33.7 Å². The first-order valence-electron chi connectivity index (χ1n) is 3.46. The zero-order valence-electron chi connectivity index (χ0n) is 6.44. The van der Waals surface area contributed by atoms with Crippen molar-refractivity contribution in [2.24, 2.45) is 0 Å². The van der Waals surface area contributed by atoms with Crippen molar-refractivity contribution >= 4 is 0 Å². The highest BCUT2D eigenvalue weighted by Crippen LogP contribution is 1.89. The van der Waals surface area contributed by atoms with E-state index in [0.717, 1.165) is 0 Å². The molecule has 0 aromatic heterocycles. The van der Waals surface area contributed by atoms with E-state index in [4.69, 9.17) is 0 Å². The van der Waals surface area contributed by atoms with E-state index < -0.39 is 0 Å². The molecule has 0 aliphatic rings. The molecule has 0 amide bonds. The normalized spacial score (nSPS) is 11.2. The van der Waals surface area contributed by atoms with Crippen LogP contribution in [0.3, 0.4) is 0 Å². The standard InChI is InChI=1S/C7H17N/c1-5-8(6-2)7(3)4/h7H,5-6H2,1-4H3/q+1. The van der Waals surface area contributed by atoms with Crippen LogP contribution in [0.2, 0.25) is 0 Å². The number of hydrogen-bond donors (Lipinski definition) is 0. The highest BCUT2D eigenvalue weighted by atomic mass is 15.1. The molecule has 0 aliphatic carbocycles. The van der Waals surface area contributed by atoms with Gasteiger partial charge in [-0.05, 0) is 27.7 Å². The Morgan fingerprint density at radius 3 is 1.50 bits per heavy atom. The lowest BCUT2D eigenvalue weighted by molar-refractivity contribution is 0.378. The van der Waals surface area contributed by atoms with E-state index in [-0.39, 0.29) is 0 Å². The molecule has 1 heteroatoms. The Bertz CT molecular complexity index is 46.3. The van der Waals surface area contributed by atoms with E-state index >= 15 is 0 Å². The van der Waals surface area contributed by atoms with Crippen molar-refractivity contribution in [3.05, 3.63) is 0 Å². The first-order chi connectivity index (χ1) is 3.72. The van der Waals surface area contributed by atoms with Crippen LogP contribution in [-0.2, 0) is 0 Å². The maximum Gasteiger partial charge on any atom is 0.127 e. The molecule has 0 unspecified atom stereocenters. The molecule has 0 atom stereocenters. The van der Waals surface area contributed by atoms with Crippen LogP contribution in [0.5, 0.6) is 0 Å². The fourth-order valence-electron chi connectivity index (χ4n) is 0.954.